The normalized spacial score (nSPS) is 16.7. The van der Waals surface area contributed by atoms with Crippen molar-refractivity contribution < 1.29 is 22.7 Å². The first-order valence-electron chi connectivity index (χ1n) is 9.23. The third-order valence-electron chi connectivity index (χ3n) is 5.25. The number of nitrogens with zero attached hydrogens (tertiary/aromatic N) is 2. The Hall–Kier alpha value is -2.78. The predicted octanol–water partition coefficient (Wildman–Crippen LogP) is 2.14. The van der Waals surface area contributed by atoms with Gasteiger partial charge in [0.05, 0.1) is 15.9 Å². The summed E-state index contributed by atoms with van der Waals surface area (Å²) in [6, 6.07) is 8.32. The van der Waals surface area contributed by atoms with Crippen molar-refractivity contribution >= 4 is 26.8 Å². The smallest absolute Gasteiger partial charge is 0.323 e. The molecule has 1 aliphatic rings. The summed E-state index contributed by atoms with van der Waals surface area (Å²) in [5, 5.41) is 12.3. The summed E-state index contributed by atoms with van der Waals surface area (Å²) in [5.41, 5.74) is 3.45. The summed E-state index contributed by atoms with van der Waals surface area (Å²) < 4.78 is 39.8. The molecule has 1 aliphatic carbocycles. The van der Waals surface area contributed by atoms with Gasteiger partial charge < -0.3 is 15.0 Å². The molecular weight excluding hydrogens is 397 g/mol. The molecule has 0 fully saturated rings. The van der Waals surface area contributed by atoms with Gasteiger partial charge >= 0.3 is 5.97 Å². The van der Waals surface area contributed by atoms with Gasteiger partial charge in [0, 0.05) is 23.5 Å². The number of benzene rings is 1. The number of nitrogens with one attached hydrogen (secondary N) is 1. The zero-order chi connectivity index (χ0) is 20.6. The van der Waals surface area contributed by atoms with E-state index in [0.717, 1.165) is 34.4 Å². The molecule has 3 aromatic rings. The number of fused-ring (bicyclic) bond motifs is 3. The Bertz CT molecular complexity index is 1170. The maximum atomic E-state index is 13.0. The Morgan fingerprint density at radius 2 is 2.03 bits per heavy atom. The molecule has 1 aromatic carbocycles. The lowest BCUT2D eigenvalue weighted by molar-refractivity contribution is -0.137. The summed E-state index contributed by atoms with van der Waals surface area (Å²) in [5.74, 6) is -1.65. The first-order chi connectivity index (χ1) is 13.8. The monoisotopic (exact) mass is 417 g/mol. The highest BCUT2D eigenvalue weighted by molar-refractivity contribution is 7.91. The maximum Gasteiger partial charge on any atom is 0.323 e. The number of halogens is 1. The van der Waals surface area contributed by atoms with E-state index in [1.165, 1.54) is 12.1 Å². The number of aliphatic carboxylic acids is 1. The quantitative estimate of drug-likeness (QED) is 0.596. The molecule has 0 saturated heterocycles. The van der Waals surface area contributed by atoms with E-state index in [1.807, 2.05) is 6.07 Å². The SMILES string of the molecule is O=C(O)Cn1c2c(c3ncccc31)C[C@H](NCS(=O)(=O)c1ccc(F)cc1)CC2. The minimum Gasteiger partial charge on any atom is -0.480 e. The van der Waals surface area contributed by atoms with Crippen LogP contribution < -0.4 is 5.32 Å². The molecule has 0 aliphatic heterocycles. The molecule has 0 amide bonds. The number of carbonyl (C=O) groups is 1. The lowest BCUT2D eigenvalue weighted by Crippen LogP contribution is -2.38. The molecule has 2 aromatic heterocycles. The van der Waals surface area contributed by atoms with Crippen molar-refractivity contribution in [1.82, 2.24) is 14.9 Å². The first-order valence-corrected chi connectivity index (χ1v) is 10.9. The van der Waals surface area contributed by atoms with E-state index in [0.29, 0.717) is 19.3 Å². The van der Waals surface area contributed by atoms with Crippen molar-refractivity contribution in [2.24, 2.45) is 0 Å². The van der Waals surface area contributed by atoms with Crippen molar-refractivity contribution in [2.45, 2.75) is 36.7 Å². The number of carboxylic acids is 1. The zero-order valence-electron chi connectivity index (χ0n) is 15.5. The van der Waals surface area contributed by atoms with Gasteiger partial charge in [-0.3, -0.25) is 9.78 Å². The highest BCUT2D eigenvalue weighted by Crippen LogP contribution is 2.31. The second-order valence-electron chi connectivity index (χ2n) is 7.13. The average molecular weight is 417 g/mol. The number of pyridine rings is 1. The molecule has 1 atom stereocenters. The highest BCUT2D eigenvalue weighted by Gasteiger charge is 2.27. The van der Waals surface area contributed by atoms with E-state index in [2.05, 4.69) is 10.3 Å². The van der Waals surface area contributed by atoms with Crippen LogP contribution in [0.2, 0.25) is 0 Å². The van der Waals surface area contributed by atoms with Crippen LogP contribution in [0.5, 0.6) is 0 Å². The topological polar surface area (TPSA) is 101 Å². The number of sulfone groups is 1. The third kappa shape index (κ3) is 3.88. The van der Waals surface area contributed by atoms with Crippen LogP contribution in [0.3, 0.4) is 0 Å². The Morgan fingerprint density at radius 3 is 2.76 bits per heavy atom. The molecule has 29 heavy (non-hydrogen) atoms. The minimum atomic E-state index is -3.58. The van der Waals surface area contributed by atoms with Gasteiger partial charge in [-0.1, -0.05) is 0 Å². The van der Waals surface area contributed by atoms with E-state index in [1.54, 1.807) is 16.8 Å². The van der Waals surface area contributed by atoms with Crippen LogP contribution in [0.15, 0.2) is 47.5 Å². The van der Waals surface area contributed by atoms with Crippen LogP contribution in [-0.4, -0.2) is 41.0 Å². The lowest BCUT2D eigenvalue weighted by Gasteiger charge is -2.24. The van der Waals surface area contributed by atoms with Crippen LogP contribution in [0.1, 0.15) is 17.7 Å². The van der Waals surface area contributed by atoms with Crippen molar-refractivity contribution in [1.29, 1.82) is 0 Å². The first kappa shape index (κ1) is 19.5. The molecule has 0 bridgehead atoms. The Balaban J connectivity index is 1.55. The van der Waals surface area contributed by atoms with Gasteiger partial charge in [0.1, 0.15) is 18.2 Å². The number of hydrogen-bond acceptors (Lipinski definition) is 5. The Morgan fingerprint density at radius 1 is 1.28 bits per heavy atom. The highest BCUT2D eigenvalue weighted by atomic mass is 32.2. The van der Waals surface area contributed by atoms with E-state index >= 15 is 0 Å². The van der Waals surface area contributed by atoms with Crippen LogP contribution in [0, 0.1) is 5.82 Å². The fourth-order valence-corrected chi connectivity index (χ4v) is 5.07. The van der Waals surface area contributed by atoms with Crippen molar-refractivity contribution in [3.8, 4) is 0 Å². The molecule has 4 rings (SSSR count). The van der Waals surface area contributed by atoms with E-state index < -0.39 is 21.6 Å². The van der Waals surface area contributed by atoms with Crippen molar-refractivity contribution in [3.63, 3.8) is 0 Å². The van der Waals surface area contributed by atoms with Gasteiger partial charge in [0.2, 0.25) is 0 Å². The largest absolute Gasteiger partial charge is 0.480 e. The predicted molar refractivity (Wildman–Crippen MR) is 105 cm³/mol. The summed E-state index contributed by atoms with van der Waals surface area (Å²) in [6.07, 6.45) is 3.55. The molecule has 0 radical (unpaired) electrons. The van der Waals surface area contributed by atoms with Crippen LogP contribution in [0.4, 0.5) is 4.39 Å². The third-order valence-corrected chi connectivity index (χ3v) is 6.78. The zero-order valence-corrected chi connectivity index (χ0v) is 16.3. The molecule has 0 unspecified atom stereocenters. The molecular formula is C20H20FN3O4S. The molecule has 7 nitrogen and oxygen atoms in total. The fourth-order valence-electron chi connectivity index (χ4n) is 3.89. The van der Waals surface area contributed by atoms with Gasteiger partial charge in [-0.25, -0.2) is 12.8 Å². The van der Waals surface area contributed by atoms with Crippen LogP contribution in [-0.2, 0) is 34.0 Å². The molecule has 0 spiro atoms. The van der Waals surface area contributed by atoms with Crippen LogP contribution in [0.25, 0.3) is 11.0 Å². The van der Waals surface area contributed by atoms with Crippen molar-refractivity contribution in [2.75, 3.05) is 5.88 Å². The second kappa shape index (κ2) is 7.57. The van der Waals surface area contributed by atoms with E-state index in [4.69, 9.17) is 0 Å². The summed E-state index contributed by atoms with van der Waals surface area (Å²) >= 11 is 0. The van der Waals surface area contributed by atoms with E-state index in [9.17, 15) is 22.7 Å². The second-order valence-corrected chi connectivity index (χ2v) is 9.12. The standard InChI is InChI=1S/C20H20FN3O4S/c21-13-3-6-15(7-4-13)29(27,28)12-23-14-5-8-17-16(10-14)20-18(2-1-9-22-20)24(17)11-19(25)26/h1-4,6-7,9,14,23H,5,8,10-12H2,(H,25,26)/t14-/m1/s1. The fraction of sp³-hybridized carbons (Fsp3) is 0.300. The number of rotatable bonds is 6. The lowest BCUT2D eigenvalue weighted by atomic mass is 9.92. The molecule has 152 valence electrons. The van der Waals surface area contributed by atoms with Gasteiger partial charge in [-0.05, 0) is 55.7 Å². The Kier molecular flexibility index (Phi) is 5.10. The van der Waals surface area contributed by atoms with Gasteiger partial charge in [0.15, 0.2) is 9.84 Å². The Labute approximate surface area is 167 Å². The summed E-state index contributed by atoms with van der Waals surface area (Å²) in [4.78, 5) is 15.8. The van der Waals surface area contributed by atoms with Crippen LogP contribution >= 0.6 is 0 Å². The molecule has 2 N–H and O–H groups in total. The minimum absolute atomic E-state index is 0.0719. The van der Waals surface area contributed by atoms with Gasteiger partial charge in [0.25, 0.3) is 0 Å². The summed E-state index contributed by atoms with van der Waals surface area (Å²) in [6.45, 7) is -0.130. The van der Waals surface area contributed by atoms with E-state index in [-0.39, 0.29) is 23.4 Å². The molecule has 0 saturated carbocycles. The maximum absolute atomic E-state index is 13.0. The van der Waals surface area contributed by atoms with Crippen molar-refractivity contribution in [3.05, 3.63) is 59.7 Å². The molecule has 9 heteroatoms. The molecule has 2 heterocycles. The number of hydrogen-bond donors (Lipinski definition) is 2. The number of carboxylic acid groups (broad SMARTS) is 1. The number of aromatic nitrogens is 2. The van der Waals surface area contributed by atoms with Gasteiger partial charge in [-0.15, -0.1) is 0 Å². The van der Waals surface area contributed by atoms with Gasteiger partial charge in [-0.2, -0.15) is 0 Å². The average Bonchev–Trinajstić information content (AvgIpc) is 3.00. The summed E-state index contributed by atoms with van der Waals surface area (Å²) in [7, 11) is -3.58.